The van der Waals surface area contributed by atoms with Crippen LogP contribution in [0.3, 0.4) is 0 Å². The number of hydrogen-bond donors (Lipinski definition) is 2. The molecule has 15 heavy (non-hydrogen) atoms. The van der Waals surface area contributed by atoms with Crippen molar-refractivity contribution in [2.75, 3.05) is 6.61 Å². The number of aliphatic hydroxyl groups is 1. The molecule has 6 heteroatoms. The van der Waals surface area contributed by atoms with Gasteiger partial charge in [-0.05, 0) is 19.1 Å². The highest BCUT2D eigenvalue weighted by atomic mass is 79.9. The summed E-state index contributed by atoms with van der Waals surface area (Å²) >= 11 is 3.21. The number of halogens is 1. The van der Waals surface area contributed by atoms with Crippen molar-refractivity contribution in [2.24, 2.45) is 5.73 Å². The minimum atomic E-state index is -1.12. The molecule has 0 aliphatic heterocycles. The van der Waals surface area contributed by atoms with E-state index in [4.69, 9.17) is 10.8 Å². The molecule has 1 rings (SSSR count). The summed E-state index contributed by atoms with van der Waals surface area (Å²) in [6, 6.07) is 4.48. The van der Waals surface area contributed by atoms with Crippen LogP contribution in [0, 0.1) is 10.1 Å². The van der Waals surface area contributed by atoms with Crippen molar-refractivity contribution in [1.82, 2.24) is 0 Å². The van der Waals surface area contributed by atoms with Gasteiger partial charge in [-0.1, -0.05) is 15.9 Å². The van der Waals surface area contributed by atoms with Gasteiger partial charge in [0.05, 0.1) is 22.6 Å². The van der Waals surface area contributed by atoms with Crippen molar-refractivity contribution in [3.63, 3.8) is 0 Å². The van der Waals surface area contributed by atoms with Gasteiger partial charge in [0.2, 0.25) is 0 Å². The molecule has 5 nitrogen and oxygen atoms in total. The lowest BCUT2D eigenvalue weighted by Gasteiger charge is -2.22. The maximum Gasteiger partial charge on any atom is 0.274 e. The molecule has 0 radical (unpaired) electrons. The molecule has 1 aromatic rings. The van der Waals surface area contributed by atoms with E-state index in [-0.39, 0.29) is 12.3 Å². The molecular weight excluding hydrogens is 264 g/mol. The van der Waals surface area contributed by atoms with E-state index in [0.717, 1.165) is 0 Å². The minimum absolute atomic E-state index is 0.0859. The normalized spacial score (nSPS) is 14.7. The predicted octanol–water partition coefficient (Wildman–Crippen LogP) is 1.52. The molecule has 82 valence electrons. The van der Waals surface area contributed by atoms with Crippen LogP contribution in [-0.4, -0.2) is 16.6 Å². The zero-order valence-corrected chi connectivity index (χ0v) is 9.69. The van der Waals surface area contributed by atoms with E-state index >= 15 is 0 Å². The molecule has 1 unspecified atom stereocenters. The second-order valence-electron chi connectivity index (χ2n) is 3.49. The number of hydrogen-bond acceptors (Lipinski definition) is 4. The zero-order chi connectivity index (χ0) is 11.6. The summed E-state index contributed by atoms with van der Waals surface area (Å²) in [6.07, 6.45) is 0. The first-order chi connectivity index (χ1) is 6.88. The summed E-state index contributed by atoms with van der Waals surface area (Å²) in [4.78, 5) is 10.2. The average Bonchev–Trinajstić information content (AvgIpc) is 2.17. The van der Waals surface area contributed by atoms with Gasteiger partial charge < -0.3 is 10.8 Å². The summed E-state index contributed by atoms with van der Waals surface area (Å²) in [6.45, 7) is 1.19. The fourth-order valence-corrected chi connectivity index (χ4v) is 1.57. The Morgan fingerprint density at radius 3 is 2.73 bits per heavy atom. The number of aliphatic hydroxyl groups excluding tert-OH is 1. The quantitative estimate of drug-likeness (QED) is 0.646. The van der Waals surface area contributed by atoms with Crippen LogP contribution < -0.4 is 5.73 Å². The number of nitro groups is 1. The molecule has 0 spiro atoms. The largest absolute Gasteiger partial charge is 0.394 e. The zero-order valence-electron chi connectivity index (χ0n) is 8.11. The van der Waals surface area contributed by atoms with E-state index in [1.165, 1.54) is 6.07 Å². The molecular formula is C9H11BrN2O3. The monoisotopic (exact) mass is 274 g/mol. The lowest BCUT2D eigenvalue weighted by molar-refractivity contribution is -0.386. The molecule has 1 aromatic carbocycles. The van der Waals surface area contributed by atoms with Gasteiger partial charge in [0.1, 0.15) is 0 Å². The molecule has 0 aliphatic rings. The van der Waals surface area contributed by atoms with Crippen LogP contribution in [0.2, 0.25) is 0 Å². The van der Waals surface area contributed by atoms with Crippen LogP contribution in [-0.2, 0) is 5.54 Å². The van der Waals surface area contributed by atoms with E-state index < -0.39 is 10.5 Å². The maximum atomic E-state index is 10.7. The molecule has 0 saturated heterocycles. The topological polar surface area (TPSA) is 89.4 Å². The van der Waals surface area contributed by atoms with Crippen LogP contribution in [0.15, 0.2) is 22.7 Å². The number of nitrogens with zero attached hydrogens (tertiary/aromatic N) is 1. The average molecular weight is 275 g/mol. The second kappa shape index (κ2) is 4.26. The fourth-order valence-electron chi connectivity index (χ4n) is 1.21. The first kappa shape index (κ1) is 12.1. The van der Waals surface area contributed by atoms with Crippen LogP contribution >= 0.6 is 15.9 Å². The van der Waals surface area contributed by atoms with Crippen molar-refractivity contribution in [3.8, 4) is 0 Å². The van der Waals surface area contributed by atoms with Gasteiger partial charge in [-0.15, -0.1) is 0 Å². The Morgan fingerprint density at radius 2 is 2.27 bits per heavy atom. The molecule has 3 N–H and O–H groups in total. The van der Waals surface area contributed by atoms with Gasteiger partial charge in [-0.3, -0.25) is 10.1 Å². The highest BCUT2D eigenvalue weighted by molar-refractivity contribution is 9.10. The highest BCUT2D eigenvalue weighted by Gasteiger charge is 2.28. The number of nitro benzene ring substituents is 1. The number of nitrogens with two attached hydrogens (primary N) is 1. The molecule has 0 fully saturated rings. The summed E-state index contributed by atoms with van der Waals surface area (Å²) in [7, 11) is 0. The van der Waals surface area contributed by atoms with Crippen molar-refractivity contribution < 1.29 is 10.0 Å². The maximum absolute atomic E-state index is 10.7. The molecule has 0 saturated carbocycles. The fraction of sp³-hybridized carbons (Fsp3) is 0.333. The first-order valence-electron chi connectivity index (χ1n) is 4.22. The van der Waals surface area contributed by atoms with Crippen LogP contribution in [0.4, 0.5) is 5.69 Å². The molecule has 0 bridgehead atoms. The smallest absolute Gasteiger partial charge is 0.274 e. The SMILES string of the molecule is CC(N)(CO)c1cc(Br)ccc1[N+](=O)[O-]. The molecule has 0 aliphatic carbocycles. The minimum Gasteiger partial charge on any atom is -0.394 e. The standard InChI is InChI=1S/C9H11BrN2O3/c1-9(11,5-13)7-4-6(10)2-3-8(7)12(14)15/h2-4,13H,5,11H2,1H3. The molecule has 0 aromatic heterocycles. The molecule has 0 amide bonds. The summed E-state index contributed by atoms with van der Waals surface area (Å²) < 4.78 is 0.688. The Bertz CT molecular complexity index is 393. The Morgan fingerprint density at radius 1 is 1.67 bits per heavy atom. The van der Waals surface area contributed by atoms with Gasteiger partial charge in [-0.25, -0.2) is 0 Å². The van der Waals surface area contributed by atoms with Crippen molar-refractivity contribution in [2.45, 2.75) is 12.5 Å². The van der Waals surface area contributed by atoms with Gasteiger partial charge in [-0.2, -0.15) is 0 Å². The predicted molar refractivity (Wildman–Crippen MR) is 59.4 cm³/mol. The third kappa shape index (κ3) is 2.53. The molecule has 1 atom stereocenters. The van der Waals surface area contributed by atoms with Gasteiger partial charge in [0.25, 0.3) is 5.69 Å². The summed E-state index contributed by atoms with van der Waals surface area (Å²) in [5.74, 6) is 0. The highest BCUT2D eigenvalue weighted by Crippen LogP contribution is 2.30. The van der Waals surface area contributed by atoms with E-state index in [0.29, 0.717) is 10.0 Å². The van der Waals surface area contributed by atoms with E-state index in [1.54, 1.807) is 19.1 Å². The Balaban J connectivity index is 3.37. The van der Waals surface area contributed by atoms with Gasteiger partial charge in [0.15, 0.2) is 0 Å². The Labute approximate surface area is 95.2 Å². The summed E-state index contributed by atoms with van der Waals surface area (Å²) in [5, 5.41) is 19.8. The van der Waals surface area contributed by atoms with E-state index in [9.17, 15) is 10.1 Å². The van der Waals surface area contributed by atoms with Crippen LogP contribution in [0.25, 0.3) is 0 Å². The third-order valence-electron chi connectivity index (χ3n) is 2.10. The first-order valence-corrected chi connectivity index (χ1v) is 5.02. The number of benzene rings is 1. The lowest BCUT2D eigenvalue weighted by Crippen LogP contribution is -2.37. The number of rotatable bonds is 3. The van der Waals surface area contributed by atoms with Gasteiger partial charge in [0, 0.05) is 10.5 Å². The van der Waals surface area contributed by atoms with Crippen molar-refractivity contribution in [3.05, 3.63) is 38.3 Å². The van der Waals surface area contributed by atoms with Crippen LogP contribution in [0.1, 0.15) is 12.5 Å². The van der Waals surface area contributed by atoms with Crippen molar-refractivity contribution >= 4 is 21.6 Å². The van der Waals surface area contributed by atoms with E-state index in [1.807, 2.05) is 0 Å². The van der Waals surface area contributed by atoms with Crippen molar-refractivity contribution in [1.29, 1.82) is 0 Å². The second-order valence-corrected chi connectivity index (χ2v) is 4.41. The van der Waals surface area contributed by atoms with E-state index in [2.05, 4.69) is 15.9 Å². The lowest BCUT2D eigenvalue weighted by atomic mass is 9.93. The Kier molecular flexibility index (Phi) is 3.43. The third-order valence-corrected chi connectivity index (χ3v) is 2.59. The van der Waals surface area contributed by atoms with Crippen LogP contribution in [0.5, 0.6) is 0 Å². The summed E-state index contributed by atoms with van der Waals surface area (Å²) in [5.41, 5.74) is 4.87. The Hall–Kier alpha value is -0.980. The van der Waals surface area contributed by atoms with Gasteiger partial charge >= 0.3 is 0 Å². The molecule has 0 heterocycles.